The molecular weight excluding hydrogens is 210 g/mol. The summed E-state index contributed by atoms with van der Waals surface area (Å²) in [5.41, 5.74) is 4.98. The Balaban J connectivity index is 2.24. The van der Waals surface area contributed by atoms with Crippen molar-refractivity contribution in [1.82, 2.24) is 5.32 Å². The van der Waals surface area contributed by atoms with Gasteiger partial charge >= 0.3 is 0 Å². The normalized spacial score (nSPS) is 11.1. The van der Waals surface area contributed by atoms with Crippen LogP contribution in [0.2, 0.25) is 0 Å². The van der Waals surface area contributed by atoms with Gasteiger partial charge in [-0.15, -0.1) is 0 Å². The third-order valence-corrected chi connectivity index (χ3v) is 2.85. The van der Waals surface area contributed by atoms with E-state index in [2.05, 4.69) is 44.3 Å². The highest BCUT2D eigenvalue weighted by molar-refractivity contribution is 5.66. The minimum atomic E-state index is 0.508. The van der Waals surface area contributed by atoms with Crippen LogP contribution in [0, 0.1) is 6.92 Å². The van der Waals surface area contributed by atoms with E-state index in [1.807, 2.05) is 6.07 Å². The van der Waals surface area contributed by atoms with E-state index in [-0.39, 0.29) is 0 Å². The predicted molar refractivity (Wildman–Crippen MR) is 70.9 cm³/mol. The second-order valence-electron chi connectivity index (χ2n) is 4.70. The second-order valence-corrected chi connectivity index (χ2v) is 4.70. The van der Waals surface area contributed by atoms with Crippen LogP contribution in [0.15, 0.2) is 41.2 Å². The van der Waals surface area contributed by atoms with Crippen LogP contribution in [0.5, 0.6) is 0 Å². The van der Waals surface area contributed by atoms with E-state index in [0.29, 0.717) is 6.04 Å². The molecule has 0 aliphatic heterocycles. The zero-order chi connectivity index (χ0) is 12.3. The number of nitrogens with one attached hydrogen (secondary N) is 1. The summed E-state index contributed by atoms with van der Waals surface area (Å²) in [7, 11) is 0. The van der Waals surface area contributed by atoms with Crippen molar-refractivity contribution in [3.63, 3.8) is 0 Å². The molecule has 0 fully saturated rings. The molecule has 17 heavy (non-hydrogen) atoms. The molecule has 0 atom stereocenters. The lowest BCUT2D eigenvalue weighted by atomic mass is 10.0. The molecule has 0 spiro atoms. The SMILES string of the molecule is Cc1ccc(CNC(C)C)cc1-c1ccoc1. The van der Waals surface area contributed by atoms with E-state index in [4.69, 9.17) is 4.42 Å². The summed E-state index contributed by atoms with van der Waals surface area (Å²) in [6, 6.07) is 9.08. The van der Waals surface area contributed by atoms with Crippen molar-refractivity contribution in [3.05, 3.63) is 47.9 Å². The Hall–Kier alpha value is -1.54. The van der Waals surface area contributed by atoms with Gasteiger partial charge in [-0.1, -0.05) is 26.0 Å². The highest BCUT2D eigenvalue weighted by Gasteiger charge is 2.05. The van der Waals surface area contributed by atoms with Crippen molar-refractivity contribution in [2.45, 2.75) is 33.4 Å². The molecule has 1 aromatic carbocycles. The fourth-order valence-electron chi connectivity index (χ4n) is 1.83. The van der Waals surface area contributed by atoms with Crippen molar-refractivity contribution in [2.75, 3.05) is 0 Å². The molecule has 0 bridgehead atoms. The number of furan rings is 1. The van der Waals surface area contributed by atoms with Gasteiger partial charge in [0.15, 0.2) is 0 Å². The third kappa shape index (κ3) is 2.98. The molecular formula is C15H19NO. The fourth-order valence-corrected chi connectivity index (χ4v) is 1.83. The molecule has 0 radical (unpaired) electrons. The van der Waals surface area contributed by atoms with Crippen LogP contribution >= 0.6 is 0 Å². The van der Waals surface area contributed by atoms with Crippen LogP contribution in [-0.2, 0) is 6.54 Å². The quantitative estimate of drug-likeness (QED) is 0.863. The molecule has 0 saturated carbocycles. The summed E-state index contributed by atoms with van der Waals surface area (Å²) < 4.78 is 5.15. The third-order valence-electron chi connectivity index (χ3n) is 2.85. The minimum absolute atomic E-state index is 0.508. The molecule has 1 aromatic heterocycles. The molecule has 90 valence electrons. The predicted octanol–water partition coefficient (Wildman–Crippen LogP) is 3.75. The average Bonchev–Trinajstić information content (AvgIpc) is 2.81. The summed E-state index contributed by atoms with van der Waals surface area (Å²) in [4.78, 5) is 0. The Labute approximate surface area is 103 Å². The van der Waals surface area contributed by atoms with Gasteiger partial charge in [0.1, 0.15) is 0 Å². The summed E-state index contributed by atoms with van der Waals surface area (Å²) in [6.45, 7) is 7.35. The van der Waals surface area contributed by atoms with E-state index < -0.39 is 0 Å². The van der Waals surface area contributed by atoms with Gasteiger partial charge in [-0.25, -0.2) is 0 Å². The molecule has 0 amide bonds. The van der Waals surface area contributed by atoms with Crippen LogP contribution < -0.4 is 5.32 Å². The van der Waals surface area contributed by atoms with Crippen LogP contribution in [0.4, 0.5) is 0 Å². The Morgan fingerprint density at radius 1 is 1.24 bits per heavy atom. The van der Waals surface area contributed by atoms with E-state index in [1.165, 1.54) is 16.7 Å². The minimum Gasteiger partial charge on any atom is -0.472 e. The largest absolute Gasteiger partial charge is 0.472 e. The van der Waals surface area contributed by atoms with Gasteiger partial charge in [0, 0.05) is 18.2 Å². The molecule has 0 aliphatic rings. The summed E-state index contributed by atoms with van der Waals surface area (Å²) in [5.74, 6) is 0. The van der Waals surface area contributed by atoms with Crippen LogP contribution in [0.25, 0.3) is 11.1 Å². The van der Waals surface area contributed by atoms with Gasteiger partial charge in [-0.05, 0) is 35.7 Å². The van der Waals surface area contributed by atoms with Gasteiger partial charge in [-0.3, -0.25) is 0 Å². The maximum Gasteiger partial charge on any atom is 0.0981 e. The van der Waals surface area contributed by atoms with Crippen molar-refractivity contribution >= 4 is 0 Å². The molecule has 2 heteroatoms. The monoisotopic (exact) mass is 229 g/mol. The van der Waals surface area contributed by atoms with E-state index >= 15 is 0 Å². The first-order valence-electron chi connectivity index (χ1n) is 6.02. The second kappa shape index (κ2) is 5.19. The molecule has 0 unspecified atom stereocenters. The molecule has 1 N–H and O–H groups in total. The van der Waals surface area contributed by atoms with Crippen molar-refractivity contribution in [3.8, 4) is 11.1 Å². The molecule has 2 rings (SSSR count). The van der Waals surface area contributed by atoms with Crippen molar-refractivity contribution < 1.29 is 4.42 Å². The lowest BCUT2D eigenvalue weighted by Crippen LogP contribution is -2.21. The van der Waals surface area contributed by atoms with Gasteiger partial charge < -0.3 is 9.73 Å². The Bertz CT molecular complexity index is 472. The topological polar surface area (TPSA) is 25.2 Å². The first kappa shape index (κ1) is 11.9. The molecule has 2 aromatic rings. The standard InChI is InChI=1S/C15H19NO/c1-11(2)16-9-13-5-4-12(3)15(8-13)14-6-7-17-10-14/h4-8,10-11,16H,9H2,1-3H3. The Morgan fingerprint density at radius 3 is 2.71 bits per heavy atom. The first-order chi connectivity index (χ1) is 8.16. The molecule has 1 heterocycles. The maximum atomic E-state index is 5.15. The van der Waals surface area contributed by atoms with Crippen LogP contribution in [0.1, 0.15) is 25.0 Å². The summed E-state index contributed by atoms with van der Waals surface area (Å²) >= 11 is 0. The lowest BCUT2D eigenvalue weighted by molar-refractivity contribution is 0.568. The van der Waals surface area contributed by atoms with Crippen molar-refractivity contribution in [2.24, 2.45) is 0 Å². The smallest absolute Gasteiger partial charge is 0.0981 e. The number of hydrogen-bond donors (Lipinski definition) is 1. The highest BCUT2D eigenvalue weighted by Crippen LogP contribution is 2.24. The number of hydrogen-bond acceptors (Lipinski definition) is 2. The van der Waals surface area contributed by atoms with E-state index in [1.54, 1.807) is 12.5 Å². The number of rotatable bonds is 4. The zero-order valence-electron chi connectivity index (χ0n) is 10.7. The Kier molecular flexibility index (Phi) is 3.64. The maximum absolute atomic E-state index is 5.15. The Morgan fingerprint density at radius 2 is 2.06 bits per heavy atom. The zero-order valence-corrected chi connectivity index (χ0v) is 10.7. The van der Waals surface area contributed by atoms with Crippen molar-refractivity contribution in [1.29, 1.82) is 0 Å². The summed E-state index contributed by atoms with van der Waals surface area (Å²) in [6.07, 6.45) is 3.51. The van der Waals surface area contributed by atoms with Crippen LogP contribution in [0.3, 0.4) is 0 Å². The van der Waals surface area contributed by atoms with Gasteiger partial charge in [-0.2, -0.15) is 0 Å². The highest BCUT2D eigenvalue weighted by atomic mass is 16.3. The van der Waals surface area contributed by atoms with E-state index in [0.717, 1.165) is 12.1 Å². The van der Waals surface area contributed by atoms with E-state index in [9.17, 15) is 0 Å². The van der Waals surface area contributed by atoms with Gasteiger partial charge in [0.2, 0.25) is 0 Å². The number of aryl methyl sites for hydroxylation is 1. The lowest BCUT2D eigenvalue weighted by Gasteiger charge is -2.10. The molecule has 0 aliphatic carbocycles. The summed E-state index contributed by atoms with van der Waals surface area (Å²) in [5, 5.41) is 3.43. The van der Waals surface area contributed by atoms with Gasteiger partial charge in [0.05, 0.1) is 12.5 Å². The first-order valence-corrected chi connectivity index (χ1v) is 6.02. The van der Waals surface area contributed by atoms with Gasteiger partial charge in [0.25, 0.3) is 0 Å². The molecule has 2 nitrogen and oxygen atoms in total. The van der Waals surface area contributed by atoms with Crippen LogP contribution in [-0.4, -0.2) is 6.04 Å². The molecule has 0 saturated heterocycles. The fraction of sp³-hybridized carbons (Fsp3) is 0.333. The number of benzene rings is 1. The average molecular weight is 229 g/mol.